The van der Waals surface area contributed by atoms with Crippen molar-refractivity contribution in [3.05, 3.63) is 16.6 Å². The predicted molar refractivity (Wildman–Crippen MR) is 63.3 cm³/mol. The molecule has 16 heavy (non-hydrogen) atoms. The molecular formula is C10H17N3O2S. The molecule has 1 aromatic rings. The summed E-state index contributed by atoms with van der Waals surface area (Å²) in [4.78, 5) is 16.4. The van der Waals surface area contributed by atoms with Gasteiger partial charge in [-0.3, -0.25) is 9.78 Å². The third-order valence-electron chi connectivity index (χ3n) is 1.94. The average Bonchev–Trinajstić information content (AvgIpc) is 2.78. The van der Waals surface area contributed by atoms with Crippen molar-refractivity contribution in [2.75, 3.05) is 26.8 Å². The van der Waals surface area contributed by atoms with Gasteiger partial charge in [0.15, 0.2) is 0 Å². The molecule has 0 unspecified atom stereocenters. The number of aromatic nitrogens is 1. The van der Waals surface area contributed by atoms with Gasteiger partial charge in [0, 0.05) is 44.2 Å². The van der Waals surface area contributed by atoms with Crippen LogP contribution in [0.25, 0.3) is 0 Å². The Labute approximate surface area is 99.2 Å². The van der Waals surface area contributed by atoms with Gasteiger partial charge in [-0.1, -0.05) is 0 Å². The highest BCUT2D eigenvalue weighted by Gasteiger charge is 2.00. The van der Waals surface area contributed by atoms with Crippen molar-refractivity contribution in [3.63, 3.8) is 0 Å². The molecule has 6 heteroatoms. The Morgan fingerprint density at radius 3 is 3.12 bits per heavy atom. The number of ether oxygens (including phenoxy) is 1. The Hall–Kier alpha value is -0.980. The number of hydrogen-bond donors (Lipinski definition) is 2. The fourth-order valence-electron chi connectivity index (χ4n) is 1.12. The van der Waals surface area contributed by atoms with Crippen LogP contribution in [0.3, 0.4) is 0 Å². The van der Waals surface area contributed by atoms with Gasteiger partial charge in [0.2, 0.25) is 5.91 Å². The van der Waals surface area contributed by atoms with Gasteiger partial charge in [0.25, 0.3) is 0 Å². The second kappa shape index (κ2) is 8.20. The lowest BCUT2D eigenvalue weighted by Crippen LogP contribution is -2.29. The Morgan fingerprint density at radius 2 is 2.44 bits per heavy atom. The number of nitrogens with zero attached hydrogens (tertiary/aromatic N) is 1. The summed E-state index contributed by atoms with van der Waals surface area (Å²) in [5.74, 6) is 0.0499. The molecule has 0 saturated heterocycles. The first-order valence-corrected chi connectivity index (χ1v) is 6.04. The van der Waals surface area contributed by atoms with E-state index in [0.717, 1.165) is 6.54 Å². The van der Waals surface area contributed by atoms with Crippen LogP contribution in [-0.4, -0.2) is 37.7 Å². The molecule has 2 N–H and O–H groups in total. The topological polar surface area (TPSA) is 63.2 Å². The quantitative estimate of drug-likeness (QED) is 0.648. The molecular weight excluding hydrogens is 226 g/mol. The normalized spacial score (nSPS) is 10.3. The van der Waals surface area contributed by atoms with Crippen molar-refractivity contribution in [1.29, 1.82) is 0 Å². The Bertz CT molecular complexity index is 290. The zero-order valence-electron chi connectivity index (χ0n) is 9.36. The molecule has 1 heterocycles. The van der Waals surface area contributed by atoms with Gasteiger partial charge in [-0.25, -0.2) is 0 Å². The molecule has 0 aliphatic heterocycles. The molecule has 0 aromatic carbocycles. The number of hydrogen-bond acceptors (Lipinski definition) is 5. The molecule has 1 rings (SSSR count). The van der Waals surface area contributed by atoms with Crippen LogP contribution in [0.2, 0.25) is 0 Å². The van der Waals surface area contributed by atoms with Gasteiger partial charge in [-0.15, -0.1) is 11.3 Å². The van der Waals surface area contributed by atoms with E-state index in [1.807, 2.05) is 6.20 Å². The molecule has 0 aliphatic rings. The van der Waals surface area contributed by atoms with E-state index in [4.69, 9.17) is 4.74 Å². The molecule has 0 atom stereocenters. The molecule has 0 radical (unpaired) electrons. The van der Waals surface area contributed by atoms with Crippen LogP contribution in [0, 0.1) is 0 Å². The summed E-state index contributed by atoms with van der Waals surface area (Å²) in [5, 5.41) is 5.95. The SMILES string of the molecule is COCCNC(=O)CCNCc1cncs1. The molecule has 1 aromatic heterocycles. The minimum atomic E-state index is 0.0499. The van der Waals surface area contributed by atoms with E-state index in [1.54, 1.807) is 24.0 Å². The highest BCUT2D eigenvalue weighted by molar-refractivity contribution is 7.09. The zero-order chi connectivity index (χ0) is 11.6. The Morgan fingerprint density at radius 1 is 1.56 bits per heavy atom. The number of carbonyl (C=O) groups is 1. The van der Waals surface area contributed by atoms with Crippen LogP contribution in [0.5, 0.6) is 0 Å². The highest BCUT2D eigenvalue weighted by Crippen LogP contribution is 2.03. The van der Waals surface area contributed by atoms with E-state index in [9.17, 15) is 4.79 Å². The fraction of sp³-hybridized carbons (Fsp3) is 0.600. The number of thiazole rings is 1. The molecule has 0 saturated carbocycles. The standard InChI is InChI=1S/C10H17N3O2S/c1-15-5-4-13-10(14)2-3-11-6-9-7-12-8-16-9/h7-8,11H,2-6H2,1H3,(H,13,14). The smallest absolute Gasteiger partial charge is 0.221 e. The summed E-state index contributed by atoms with van der Waals surface area (Å²) >= 11 is 1.61. The summed E-state index contributed by atoms with van der Waals surface area (Å²) in [6.07, 6.45) is 2.32. The van der Waals surface area contributed by atoms with Gasteiger partial charge in [0.1, 0.15) is 0 Å². The number of amides is 1. The van der Waals surface area contributed by atoms with Crippen LogP contribution in [0.15, 0.2) is 11.7 Å². The van der Waals surface area contributed by atoms with Crippen LogP contribution < -0.4 is 10.6 Å². The Kier molecular flexibility index (Phi) is 6.71. The lowest BCUT2D eigenvalue weighted by atomic mass is 10.4. The molecule has 90 valence electrons. The second-order valence-electron chi connectivity index (χ2n) is 3.24. The van der Waals surface area contributed by atoms with Crippen molar-refractivity contribution < 1.29 is 9.53 Å². The van der Waals surface area contributed by atoms with E-state index >= 15 is 0 Å². The van der Waals surface area contributed by atoms with Crippen LogP contribution in [0.4, 0.5) is 0 Å². The first kappa shape index (κ1) is 13.1. The Balaban J connectivity index is 1.96. The van der Waals surface area contributed by atoms with E-state index in [1.165, 1.54) is 4.88 Å². The fourth-order valence-corrected chi connectivity index (χ4v) is 1.69. The van der Waals surface area contributed by atoms with Gasteiger partial charge >= 0.3 is 0 Å². The van der Waals surface area contributed by atoms with E-state index < -0.39 is 0 Å². The van der Waals surface area contributed by atoms with Gasteiger partial charge in [0.05, 0.1) is 12.1 Å². The summed E-state index contributed by atoms with van der Waals surface area (Å²) in [5.41, 5.74) is 1.80. The van der Waals surface area contributed by atoms with Crippen LogP contribution in [-0.2, 0) is 16.1 Å². The first-order chi connectivity index (χ1) is 7.83. The van der Waals surface area contributed by atoms with Crippen LogP contribution >= 0.6 is 11.3 Å². The van der Waals surface area contributed by atoms with E-state index in [0.29, 0.717) is 26.1 Å². The molecule has 0 aliphatic carbocycles. The van der Waals surface area contributed by atoms with Crippen molar-refractivity contribution in [3.8, 4) is 0 Å². The third-order valence-corrected chi connectivity index (χ3v) is 2.72. The van der Waals surface area contributed by atoms with Crippen molar-refractivity contribution >= 4 is 17.2 Å². The van der Waals surface area contributed by atoms with Gasteiger partial charge in [-0.05, 0) is 0 Å². The number of carbonyl (C=O) groups excluding carboxylic acids is 1. The highest BCUT2D eigenvalue weighted by atomic mass is 32.1. The third kappa shape index (κ3) is 5.79. The predicted octanol–water partition coefficient (Wildman–Crippen LogP) is 0.385. The largest absolute Gasteiger partial charge is 0.383 e. The van der Waals surface area contributed by atoms with Crippen molar-refractivity contribution in [2.24, 2.45) is 0 Å². The van der Waals surface area contributed by atoms with Crippen LogP contribution in [0.1, 0.15) is 11.3 Å². The van der Waals surface area contributed by atoms with Gasteiger partial charge in [-0.2, -0.15) is 0 Å². The summed E-state index contributed by atoms with van der Waals surface area (Å²) in [7, 11) is 1.61. The summed E-state index contributed by atoms with van der Waals surface area (Å²) in [6.45, 7) is 2.58. The molecule has 1 amide bonds. The minimum absolute atomic E-state index is 0.0499. The second-order valence-corrected chi connectivity index (χ2v) is 4.21. The number of rotatable bonds is 8. The van der Waals surface area contributed by atoms with Crippen molar-refractivity contribution in [2.45, 2.75) is 13.0 Å². The van der Waals surface area contributed by atoms with Gasteiger partial charge < -0.3 is 15.4 Å². The zero-order valence-corrected chi connectivity index (χ0v) is 10.2. The van der Waals surface area contributed by atoms with E-state index in [2.05, 4.69) is 15.6 Å². The lowest BCUT2D eigenvalue weighted by molar-refractivity contribution is -0.121. The lowest BCUT2D eigenvalue weighted by Gasteiger charge is -2.04. The minimum Gasteiger partial charge on any atom is -0.383 e. The van der Waals surface area contributed by atoms with Crippen molar-refractivity contribution in [1.82, 2.24) is 15.6 Å². The van der Waals surface area contributed by atoms with E-state index in [-0.39, 0.29) is 5.91 Å². The summed E-state index contributed by atoms with van der Waals surface area (Å²) in [6, 6.07) is 0. The number of nitrogens with one attached hydrogen (secondary N) is 2. The molecule has 0 spiro atoms. The maximum Gasteiger partial charge on any atom is 0.221 e. The molecule has 5 nitrogen and oxygen atoms in total. The maximum atomic E-state index is 11.3. The number of methoxy groups -OCH3 is 1. The molecule has 0 bridgehead atoms. The first-order valence-electron chi connectivity index (χ1n) is 5.16. The average molecular weight is 243 g/mol. The molecule has 0 fully saturated rings. The monoisotopic (exact) mass is 243 g/mol. The maximum absolute atomic E-state index is 11.3. The summed E-state index contributed by atoms with van der Waals surface area (Å²) < 4.78 is 4.83.